The summed E-state index contributed by atoms with van der Waals surface area (Å²) in [5.74, 6) is 1.10. The van der Waals surface area contributed by atoms with Gasteiger partial charge in [0.25, 0.3) is 5.91 Å². The molecule has 1 aliphatic heterocycles. The molecule has 0 bridgehead atoms. The standard InChI is InChI=1S/C14H15FN2O3S/c1-2-4-17(13-3-5-21(19,20)9-13)14(18)10-6-11(15)8-12(16)7-10/h1,6-8,13H,3-5,9,16H2. The van der Waals surface area contributed by atoms with E-state index in [4.69, 9.17) is 12.2 Å². The van der Waals surface area contributed by atoms with Crippen molar-refractivity contribution in [2.24, 2.45) is 0 Å². The zero-order chi connectivity index (χ0) is 15.6. The lowest BCUT2D eigenvalue weighted by Crippen LogP contribution is -2.41. The zero-order valence-corrected chi connectivity index (χ0v) is 12.1. The van der Waals surface area contributed by atoms with E-state index in [1.54, 1.807) is 0 Å². The molecule has 1 atom stereocenters. The number of halogens is 1. The molecule has 0 aromatic heterocycles. The molecule has 2 N–H and O–H groups in total. The fraction of sp³-hybridized carbons (Fsp3) is 0.357. The average molecular weight is 310 g/mol. The van der Waals surface area contributed by atoms with Gasteiger partial charge in [-0.3, -0.25) is 4.79 Å². The summed E-state index contributed by atoms with van der Waals surface area (Å²) in [6.45, 7) is -0.0323. The minimum absolute atomic E-state index is 0.0251. The lowest BCUT2D eigenvalue weighted by molar-refractivity contribution is 0.0724. The van der Waals surface area contributed by atoms with Crippen molar-refractivity contribution in [1.29, 1.82) is 0 Å². The van der Waals surface area contributed by atoms with Gasteiger partial charge in [0.1, 0.15) is 5.82 Å². The fourth-order valence-electron chi connectivity index (χ4n) is 2.39. The van der Waals surface area contributed by atoms with Crippen molar-refractivity contribution in [3.8, 4) is 12.3 Å². The number of nitrogens with two attached hydrogens (primary N) is 1. The Labute approximate surface area is 122 Å². The van der Waals surface area contributed by atoms with Gasteiger partial charge in [-0.05, 0) is 24.6 Å². The molecule has 1 saturated heterocycles. The molecular formula is C14H15FN2O3S. The van der Waals surface area contributed by atoms with Crippen molar-refractivity contribution < 1.29 is 17.6 Å². The van der Waals surface area contributed by atoms with E-state index >= 15 is 0 Å². The van der Waals surface area contributed by atoms with E-state index in [1.165, 1.54) is 11.0 Å². The van der Waals surface area contributed by atoms with Crippen LogP contribution in [0.4, 0.5) is 10.1 Å². The van der Waals surface area contributed by atoms with Crippen LogP contribution in [-0.4, -0.2) is 43.3 Å². The van der Waals surface area contributed by atoms with E-state index in [9.17, 15) is 17.6 Å². The molecule has 2 rings (SSSR count). The third-order valence-corrected chi connectivity index (χ3v) is 5.09. The van der Waals surface area contributed by atoms with Crippen LogP contribution in [0.3, 0.4) is 0 Å². The quantitative estimate of drug-likeness (QED) is 0.657. The third kappa shape index (κ3) is 3.52. The van der Waals surface area contributed by atoms with Gasteiger partial charge in [0.2, 0.25) is 0 Å². The van der Waals surface area contributed by atoms with Gasteiger partial charge in [0.15, 0.2) is 9.84 Å². The second-order valence-electron chi connectivity index (χ2n) is 4.97. The third-order valence-electron chi connectivity index (χ3n) is 3.34. The molecule has 1 fully saturated rings. The Bertz CT molecular complexity index is 689. The van der Waals surface area contributed by atoms with Crippen molar-refractivity contribution in [2.75, 3.05) is 23.8 Å². The monoisotopic (exact) mass is 310 g/mol. The Hall–Kier alpha value is -2.07. The molecule has 1 aliphatic rings. The predicted molar refractivity (Wildman–Crippen MR) is 77.7 cm³/mol. The summed E-state index contributed by atoms with van der Waals surface area (Å²) in [6.07, 6.45) is 5.58. The van der Waals surface area contributed by atoms with E-state index in [2.05, 4.69) is 5.92 Å². The predicted octanol–water partition coefficient (Wildman–Crippen LogP) is 0.670. The highest BCUT2D eigenvalue weighted by atomic mass is 32.2. The number of nitrogens with zero attached hydrogens (tertiary/aromatic N) is 1. The van der Waals surface area contributed by atoms with Crippen LogP contribution in [0.5, 0.6) is 0 Å². The Balaban J connectivity index is 2.30. The molecule has 21 heavy (non-hydrogen) atoms. The normalized spacial score (nSPS) is 19.9. The molecule has 1 unspecified atom stereocenters. The van der Waals surface area contributed by atoms with E-state index in [0.29, 0.717) is 6.42 Å². The summed E-state index contributed by atoms with van der Waals surface area (Å²) in [5, 5.41) is 0. The number of hydrogen-bond donors (Lipinski definition) is 1. The lowest BCUT2D eigenvalue weighted by atomic mass is 10.1. The highest BCUT2D eigenvalue weighted by molar-refractivity contribution is 7.91. The summed E-state index contributed by atoms with van der Waals surface area (Å²) < 4.78 is 36.4. The average Bonchev–Trinajstić information content (AvgIpc) is 2.74. The van der Waals surface area contributed by atoms with Crippen LogP contribution < -0.4 is 5.73 Å². The molecule has 0 radical (unpaired) electrons. The Morgan fingerprint density at radius 2 is 2.19 bits per heavy atom. The molecule has 0 saturated carbocycles. The van der Waals surface area contributed by atoms with Crippen LogP contribution in [0.1, 0.15) is 16.8 Å². The van der Waals surface area contributed by atoms with E-state index in [0.717, 1.165) is 12.1 Å². The summed E-state index contributed by atoms with van der Waals surface area (Å²) >= 11 is 0. The number of nitrogen functional groups attached to an aromatic ring is 1. The van der Waals surface area contributed by atoms with Crippen LogP contribution in [-0.2, 0) is 9.84 Å². The number of sulfone groups is 1. The molecule has 1 heterocycles. The van der Waals surface area contributed by atoms with Crippen LogP contribution >= 0.6 is 0 Å². The van der Waals surface area contributed by atoms with Gasteiger partial charge in [-0.25, -0.2) is 12.8 Å². The fourth-order valence-corrected chi connectivity index (χ4v) is 4.12. The first kappa shape index (κ1) is 15.3. The molecule has 1 amide bonds. The number of carbonyl (C=O) groups excluding carboxylic acids is 1. The Morgan fingerprint density at radius 3 is 2.71 bits per heavy atom. The van der Waals surface area contributed by atoms with E-state index in [-0.39, 0.29) is 29.3 Å². The molecule has 1 aromatic carbocycles. The number of benzene rings is 1. The minimum atomic E-state index is -3.15. The van der Waals surface area contributed by atoms with Crippen molar-refractivity contribution in [3.05, 3.63) is 29.6 Å². The molecule has 7 heteroatoms. The number of rotatable bonds is 3. The first-order chi connectivity index (χ1) is 9.82. The lowest BCUT2D eigenvalue weighted by Gasteiger charge is -2.26. The van der Waals surface area contributed by atoms with Gasteiger partial charge in [-0.15, -0.1) is 6.42 Å². The largest absolute Gasteiger partial charge is 0.399 e. The van der Waals surface area contributed by atoms with Crippen LogP contribution in [0.15, 0.2) is 18.2 Å². The van der Waals surface area contributed by atoms with Gasteiger partial charge < -0.3 is 10.6 Å². The molecule has 112 valence electrons. The van der Waals surface area contributed by atoms with Gasteiger partial charge in [-0.1, -0.05) is 5.92 Å². The summed E-state index contributed by atoms with van der Waals surface area (Å²) in [7, 11) is -3.15. The van der Waals surface area contributed by atoms with E-state index < -0.39 is 27.6 Å². The van der Waals surface area contributed by atoms with Crippen LogP contribution in [0, 0.1) is 18.2 Å². The maximum Gasteiger partial charge on any atom is 0.255 e. The Kier molecular flexibility index (Phi) is 4.19. The second-order valence-corrected chi connectivity index (χ2v) is 7.20. The summed E-state index contributed by atoms with van der Waals surface area (Å²) in [4.78, 5) is 13.7. The zero-order valence-electron chi connectivity index (χ0n) is 11.3. The van der Waals surface area contributed by atoms with Crippen molar-refractivity contribution in [3.63, 3.8) is 0 Å². The van der Waals surface area contributed by atoms with Crippen LogP contribution in [0.2, 0.25) is 0 Å². The van der Waals surface area contributed by atoms with Crippen LogP contribution in [0.25, 0.3) is 0 Å². The smallest absolute Gasteiger partial charge is 0.255 e. The van der Waals surface area contributed by atoms with Crippen molar-refractivity contribution in [1.82, 2.24) is 4.90 Å². The summed E-state index contributed by atoms with van der Waals surface area (Å²) in [5.41, 5.74) is 5.71. The molecule has 1 aromatic rings. The first-order valence-corrected chi connectivity index (χ1v) is 8.15. The van der Waals surface area contributed by atoms with Crippen molar-refractivity contribution in [2.45, 2.75) is 12.5 Å². The SMILES string of the molecule is C#CCN(C(=O)c1cc(N)cc(F)c1)C1CCS(=O)(=O)C1. The number of anilines is 1. The van der Waals surface area contributed by atoms with Gasteiger partial charge in [0.05, 0.1) is 18.1 Å². The number of carbonyl (C=O) groups is 1. The highest BCUT2D eigenvalue weighted by Crippen LogP contribution is 2.21. The maximum absolute atomic E-state index is 13.4. The molecule has 0 aliphatic carbocycles. The number of terminal acetylenes is 1. The molecular weight excluding hydrogens is 295 g/mol. The van der Waals surface area contributed by atoms with Gasteiger partial charge >= 0.3 is 0 Å². The maximum atomic E-state index is 13.4. The number of amides is 1. The minimum Gasteiger partial charge on any atom is -0.399 e. The second kappa shape index (κ2) is 5.74. The Morgan fingerprint density at radius 1 is 1.48 bits per heavy atom. The van der Waals surface area contributed by atoms with E-state index in [1.807, 2.05) is 0 Å². The van der Waals surface area contributed by atoms with Crippen molar-refractivity contribution >= 4 is 21.4 Å². The van der Waals surface area contributed by atoms with Gasteiger partial charge in [0, 0.05) is 17.3 Å². The molecule has 0 spiro atoms. The first-order valence-electron chi connectivity index (χ1n) is 6.33. The summed E-state index contributed by atoms with van der Waals surface area (Å²) in [6, 6.07) is 3.02. The van der Waals surface area contributed by atoms with Gasteiger partial charge in [-0.2, -0.15) is 0 Å². The topological polar surface area (TPSA) is 80.5 Å². The number of hydrogen-bond acceptors (Lipinski definition) is 4. The highest BCUT2D eigenvalue weighted by Gasteiger charge is 2.34. The molecule has 5 nitrogen and oxygen atoms in total.